The van der Waals surface area contributed by atoms with Crippen LogP contribution in [0.5, 0.6) is 0 Å². The summed E-state index contributed by atoms with van der Waals surface area (Å²) in [5, 5.41) is 0. The molecule has 7 heteroatoms. The van der Waals surface area contributed by atoms with Crippen LogP contribution in [-0.4, -0.2) is 32.5 Å². The monoisotopic (exact) mass is 401 g/mol. The highest BCUT2D eigenvalue weighted by atomic mass is 79.9. The van der Waals surface area contributed by atoms with Crippen molar-refractivity contribution in [1.29, 1.82) is 0 Å². The highest BCUT2D eigenvalue weighted by Gasteiger charge is 2.18. The van der Waals surface area contributed by atoms with Crippen molar-refractivity contribution in [3.8, 4) is 0 Å². The highest BCUT2D eigenvalue weighted by molar-refractivity contribution is 9.11. The van der Waals surface area contributed by atoms with Gasteiger partial charge in [0.1, 0.15) is 0 Å². The number of amides is 1. The summed E-state index contributed by atoms with van der Waals surface area (Å²) in [7, 11) is -1.62. The van der Waals surface area contributed by atoms with E-state index in [2.05, 4.69) is 15.9 Å². The Bertz CT molecular complexity index is 812. The lowest BCUT2D eigenvalue weighted by Crippen LogP contribution is -2.26. The number of rotatable bonds is 4. The van der Waals surface area contributed by atoms with Gasteiger partial charge in [-0.2, -0.15) is 0 Å². The van der Waals surface area contributed by atoms with Crippen LogP contribution in [0, 0.1) is 6.92 Å². The van der Waals surface area contributed by atoms with Gasteiger partial charge in [-0.05, 0) is 52.7 Å². The average Bonchev–Trinajstić information content (AvgIpc) is 2.82. The van der Waals surface area contributed by atoms with Crippen LogP contribution in [0.1, 0.15) is 20.8 Å². The van der Waals surface area contributed by atoms with Crippen molar-refractivity contribution in [2.75, 3.05) is 13.3 Å². The van der Waals surface area contributed by atoms with Crippen molar-refractivity contribution in [2.24, 2.45) is 0 Å². The number of benzene rings is 1. The molecule has 0 N–H and O–H groups in total. The zero-order chi connectivity index (χ0) is 16.5. The molecule has 0 spiro atoms. The fraction of sp³-hybridized carbons (Fsp3) is 0.267. The number of sulfone groups is 1. The highest BCUT2D eigenvalue weighted by Crippen LogP contribution is 2.24. The average molecular weight is 402 g/mol. The number of nitrogens with zero attached hydrogens (tertiary/aromatic N) is 1. The van der Waals surface area contributed by atoms with E-state index < -0.39 is 9.84 Å². The number of hydrogen-bond donors (Lipinski definition) is 0. The van der Waals surface area contributed by atoms with Crippen LogP contribution in [-0.2, 0) is 16.4 Å². The molecule has 0 aliphatic heterocycles. The van der Waals surface area contributed by atoms with Gasteiger partial charge in [-0.3, -0.25) is 4.79 Å². The van der Waals surface area contributed by atoms with Crippen LogP contribution in [0.2, 0.25) is 0 Å². The van der Waals surface area contributed by atoms with Gasteiger partial charge in [-0.15, -0.1) is 11.3 Å². The first-order valence-electron chi connectivity index (χ1n) is 6.49. The number of thiophene rings is 1. The first kappa shape index (κ1) is 17.2. The summed E-state index contributed by atoms with van der Waals surface area (Å²) in [6.07, 6.45) is 1.14. The minimum atomic E-state index is -3.33. The van der Waals surface area contributed by atoms with Gasteiger partial charge in [-0.25, -0.2) is 8.42 Å². The second-order valence-electron chi connectivity index (χ2n) is 5.12. The molecule has 1 aromatic carbocycles. The van der Waals surface area contributed by atoms with Gasteiger partial charge in [-0.1, -0.05) is 6.07 Å². The van der Waals surface area contributed by atoms with E-state index in [-0.39, 0.29) is 10.8 Å². The lowest BCUT2D eigenvalue weighted by atomic mass is 10.1. The van der Waals surface area contributed by atoms with Crippen molar-refractivity contribution in [2.45, 2.75) is 18.4 Å². The molecule has 0 saturated carbocycles. The van der Waals surface area contributed by atoms with Crippen LogP contribution >= 0.6 is 27.3 Å². The summed E-state index contributed by atoms with van der Waals surface area (Å²) >= 11 is 4.96. The van der Waals surface area contributed by atoms with E-state index in [0.717, 1.165) is 20.5 Å². The summed E-state index contributed by atoms with van der Waals surface area (Å²) in [6.45, 7) is 2.28. The van der Waals surface area contributed by atoms with Crippen molar-refractivity contribution < 1.29 is 13.2 Å². The second-order valence-corrected chi connectivity index (χ2v) is 9.68. The normalized spacial score (nSPS) is 11.5. The largest absolute Gasteiger partial charge is 0.337 e. The van der Waals surface area contributed by atoms with Crippen LogP contribution in [0.15, 0.2) is 39.0 Å². The molecule has 1 aromatic heterocycles. The molecule has 1 heterocycles. The second kappa shape index (κ2) is 6.52. The topological polar surface area (TPSA) is 54.5 Å². The lowest BCUT2D eigenvalue weighted by Gasteiger charge is -2.18. The third-order valence-electron chi connectivity index (χ3n) is 3.24. The Morgan fingerprint density at radius 1 is 1.27 bits per heavy atom. The van der Waals surface area contributed by atoms with Crippen molar-refractivity contribution in [3.63, 3.8) is 0 Å². The Balaban J connectivity index is 2.28. The molecular weight excluding hydrogens is 386 g/mol. The van der Waals surface area contributed by atoms with Gasteiger partial charge in [0.25, 0.3) is 5.91 Å². The molecule has 0 aliphatic rings. The third-order valence-corrected chi connectivity index (χ3v) is 5.95. The summed E-state index contributed by atoms with van der Waals surface area (Å²) in [5.74, 6) is -0.187. The predicted molar refractivity (Wildman–Crippen MR) is 92.1 cm³/mol. The molecule has 2 rings (SSSR count). The van der Waals surface area contributed by atoms with E-state index in [1.165, 1.54) is 12.1 Å². The SMILES string of the molecule is Cc1ccc(S(C)(=O)=O)cc1C(=O)N(C)Cc1ccc(Br)s1. The maximum absolute atomic E-state index is 12.6. The molecule has 2 aromatic rings. The Morgan fingerprint density at radius 3 is 2.50 bits per heavy atom. The molecule has 0 atom stereocenters. The molecule has 118 valence electrons. The number of aryl methyl sites for hydroxylation is 1. The number of carbonyl (C=O) groups excluding carboxylic acids is 1. The van der Waals surface area contributed by atoms with E-state index in [1.54, 1.807) is 36.3 Å². The molecule has 4 nitrogen and oxygen atoms in total. The minimum absolute atomic E-state index is 0.161. The zero-order valence-electron chi connectivity index (χ0n) is 12.5. The maximum atomic E-state index is 12.6. The predicted octanol–water partition coefficient (Wildman–Crippen LogP) is 3.49. The van der Waals surface area contributed by atoms with E-state index in [1.807, 2.05) is 12.1 Å². The fourth-order valence-corrected chi connectivity index (χ4v) is 4.19. The smallest absolute Gasteiger partial charge is 0.254 e. The Morgan fingerprint density at radius 2 is 1.95 bits per heavy atom. The summed E-state index contributed by atoms with van der Waals surface area (Å²) in [6, 6.07) is 8.54. The van der Waals surface area contributed by atoms with Gasteiger partial charge < -0.3 is 4.90 Å². The van der Waals surface area contributed by atoms with Crippen molar-refractivity contribution in [1.82, 2.24) is 4.90 Å². The van der Waals surface area contributed by atoms with E-state index in [0.29, 0.717) is 12.1 Å². The molecular formula is C15H16BrNO3S2. The summed E-state index contributed by atoms with van der Waals surface area (Å²) in [4.78, 5) is 15.4. The number of carbonyl (C=O) groups is 1. The molecule has 0 bridgehead atoms. The maximum Gasteiger partial charge on any atom is 0.254 e. The van der Waals surface area contributed by atoms with E-state index in [9.17, 15) is 13.2 Å². The Labute approximate surface area is 142 Å². The van der Waals surface area contributed by atoms with E-state index in [4.69, 9.17) is 0 Å². The standard InChI is InChI=1S/C15H16BrNO3S2/c1-10-4-6-12(22(3,19)20)8-13(10)15(18)17(2)9-11-5-7-14(16)21-11/h4-8H,9H2,1-3H3. The zero-order valence-corrected chi connectivity index (χ0v) is 15.7. The van der Waals surface area contributed by atoms with Crippen LogP contribution in [0.25, 0.3) is 0 Å². The quantitative estimate of drug-likeness (QED) is 0.787. The third kappa shape index (κ3) is 3.97. The molecule has 0 unspecified atom stereocenters. The van der Waals surface area contributed by atoms with Crippen LogP contribution in [0.4, 0.5) is 0 Å². The fourth-order valence-electron chi connectivity index (χ4n) is 2.01. The molecule has 1 amide bonds. The Kier molecular flexibility index (Phi) is 5.09. The number of hydrogen-bond acceptors (Lipinski definition) is 4. The van der Waals surface area contributed by atoms with Gasteiger partial charge in [0.2, 0.25) is 0 Å². The van der Waals surface area contributed by atoms with Crippen LogP contribution in [0.3, 0.4) is 0 Å². The molecule has 0 aliphatic carbocycles. The lowest BCUT2D eigenvalue weighted by molar-refractivity contribution is 0.0785. The summed E-state index contributed by atoms with van der Waals surface area (Å²) in [5.41, 5.74) is 1.18. The molecule has 0 saturated heterocycles. The van der Waals surface area contributed by atoms with Gasteiger partial charge in [0.15, 0.2) is 9.84 Å². The summed E-state index contributed by atoms with van der Waals surface area (Å²) < 4.78 is 24.3. The van der Waals surface area contributed by atoms with Crippen molar-refractivity contribution in [3.05, 3.63) is 50.1 Å². The molecule has 0 fully saturated rings. The van der Waals surface area contributed by atoms with Gasteiger partial charge in [0, 0.05) is 23.7 Å². The first-order valence-corrected chi connectivity index (χ1v) is 9.99. The Hall–Kier alpha value is -1.18. The number of halogens is 1. The first-order chi connectivity index (χ1) is 10.2. The molecule has 0 radical (unpaired) electrons. The van der Waals surface area contributed by atoms with Gasteiger partial charge >= 0.3 is 0 Å². The van der Waals surface area contributed by atoms with Crippen molar-refractivity contribution >= 4 is 43.0 Å². The van der Waals surface area contributed by atoms with E-state index >= 15 is 0 Å². The van der Waals surface area contributed by atoms with Gasteiger partial charge in [0.05, 0.1) is 15.2 Å². The molecule has 22 heavy (non-hydrogen) atoms. The van der Waals surface area contributed by atoms with Crippen LogP contribution < -0.4 is 0 Å². The minimum Gasteiger partial charge on any atom is -0.337 e.